The number of piperazine rings is 1. The van der Waals surface area contributed by atoms with E-state index in [9.17, 15) is 9.59 Å². The maximum absolute atomic E-state index is 12.6. The smallest absolute Gasteiger partial charge is 0.233 e. The summed E-state index contributed by atoms with van der Waals surface area (Å²) in [6, 6.07) is 16.2. The molecule has 2 aromatic rings. The number of anilines is 2. The molecular weight excluding hydrogens is 350 g/mol. The van der Waals surface area contributed by atoms with Crippen LogP contribution in [-0.4, -0.2) is 42.9 Å². The van der Waals surface area contributed by atoms with Crippen LogP contribution in [0.4, 0.5) is 11.4 Å². The van der Waals surface area contributed by atoms with Gasteiger partial charge in [-0.1, -0.05) is 44.2 Å². The molecule has 1 saturated heterocycles. The molecule has 0 bridgehead atoms. The topological polar surface area (TPSA) is 52.7 Å². The molecule has 0 saturated carbocycles. The molecule has 0 aromatic heterocycles. The SMILES string of the molecule is Cc1cccc(N2CCN(C(=O)CC(=O)Nc3ccccc3C(C)C)CC2)c1. The molecule has 1 heterocycles. The molecule has 5 heteroatoms. The molecule has 0 radical (unpaired) electrons. The van der Waals surface area contributed by atoms with Gasteiger partial charge in [-0.25, -0.2) is 0 Å². The van der Waals surface area contributed by atoms with Gasteiger partial charge in [0.1, 0.15) is 6.42 Å². The number of amides is 2. The van der Waals surface area contributed by atoms with Crippen LogP contribution in [0.3, 0.4) is 0 Å². The molecule has 1 aliphatic rings. The fraction of sp³-hybridized carbons (Fsp3) is 0.391. The molecule has 2 amide bonds. The third-order valence-corrected chi connectivity index (χ3v) is 5.17. The van der Waals surface area contributed by atoms with Crippen molar-refractivity contribution in [3.8, 4) is 0 Å². The van der Waals surface area contributed by atoms with Gasteiger partial charge in [0.25, 0.3) is 0 Å². The van der Waals surface area contributed by atoms with E-state index in [-0.39, 0.29) is 18.2 Å². The molecule has 1 aliphatic heterocycles. The number of hydrogen-bond donors (Lipinski definition) is 1. The summed E-state index contributed by atoms with van der Waals surface area (Å²) < 4.78 is 0. The van der Waals surface area contributed by atoms with Gasteiger partial charge in [-0.15, -0.1) is 0 Å². The number of carbonyl (C=O) groups excluding carboxylic acids is 2. The molecule has 2 aromatic carbocycles. The molecule has 0 atom stereocenters. The number of nitrogens with one attached hydrogen (secondary N) is 1. The van der Waals surface area contributed by atoms with Crippen molar-refractivity contribution in [2.75, 3.05) is 36.4 Å². The fourth-order valence-electron chi connectivity index (χ4n) is 3.60. The summed E-state index contributed by atoms with van der Waals surface area (Å²) in [6.45, 7) is 9.11. The van der Waals surface area contributed by atoms with E-state index in [0.29, 0.717) is 19.0 Å². The second-order valence-electron chi connectivity index (χ2n) is 7.67. The van der Waals surface area contributed by atoms with E-state index in [2.05, 4.69) is 55.3 Å². The summed E-state index contributed by atoms with van der Waals surface area (Å²) in [5.74, 6) is -0.0514. The number of hydrogen-bond acceptors (Lipinski definition) is 3. The van der Waals surface area contributed by atoms with E-state index in [1.165, 1.54) is 11.3 Å². The number of rotatable bonds is 5. The third-order valence-electron chi connectivity index (χ3n) is 5.17. The van der Waals surface area contributed by atoms with Gasteiger partial charge in [-0.2, -0.15) is 0 Å². The van der Waals surface area contributed by atoms with Crippen LogP contribution in [-0.2, 0) is 9.59 Å². The van der Waals surface area contributed by atoms with Crippen LogP contribution < -0.4 is 10.2 Å². The van der Waals surface area contributed by atoms with Crippen molar-refractivity contribution in [1.82, 2.24) is 4.90 Å². The standard InChI is InChI=1S/C23H29N3O2/c1-17(2)20-9-4-5-10-21(20)24-22(27)16-23(28)26-13-11-25(12-14-26)19-8-6-7-18(3)15-19/h4-10,15,17H,11-14,16H2,1-3H3,(H,24,27). The highest BCUT2D eigenvalue weighted by atomic mass is 16.2. The molecule has 1 N–H and O–H groups in total. The average molecular weight is 380 g/mol. The van der Waals surface area contributed by atoms with E-state index < -0.39 is 0 Å². The quantitative estimate of drug-likeness (QED) is 0.804. The predicted octanol–water partition coefficient (Wildman–Crippen LogP) is 3.80. The average Bonchev–Trinajstić information content (AvgIpc) is 2.68. The fourth-order valence-corrected chi connectivity index (χ4v) is 3.60. The van der Waals surface area contributed by atoms with Gasteiger partial charge < -0.3 is 15.1 Å². The Morgan fingerprint density at radius 1 is 1.00 bits per heavy atom. The predicted molar refractivity (Wildman–Crippen MR) is 114 cm³/mol. The largest absolute Gasteiger partial charge is 0.368 e. The van der Waals surface area contributed by atoms with Crippen LogP contribution in [0.2, 0.25) is 0 Å². The van der Waals surface area contributed by atoms with Crippen molar-refractivity contribution < 1.29 is 9.59 Å². The first kappa shape index (κ1) is 19.9. The third kappa shape index (κ3) is 4.91. The lowest BCUT2D eigenvalue weighted by molar-refractivity contribution is -0.134. The first-order chi connectivity index (χ1) is 13.4. The Morgan fingerprint density at radius 3 is 2.39 bits per heavy atom. The Bertz CT molecular complexity index is 839. The number of carbonyl (C=O) groups is 2. The normalized spacial score (nSPS) is 14.3. The first-order valence-corrected chi connectivity index (χ1v) is 9.92. The van der Waals surface area contributed by atoms with Crippen LogP contribution in [0.5, 0.6) is 0 Å². The minimum atomic E-state index is -0.251. The van der Waals surface area contributed by atoms with E-state index in [1.54, 1.807) is 4.90 Å². The molecule has 3 rings (SSSR count). The van der Waals surface area contributed by atoms with Crippen LogP contribution in [0.15, 0.2) is 48.5 Å². The summed E-state index contributed by atoms with van der Waals surface area (Å²) in [6.07, 6.45) is -0.114. The van der Waals surface area contributed by atoms with Crippen molar-refractivity contribution in [1.29, 1.82) is 0 Å². The van der Waals surface area contributed by atoms with Gasteiger partial charge in [0.05, 0.1) is 0 Å². The number of nitrogens with zero attached hydrogens (tertiary/aromatic N) is 2. The highest BCUT2D eigenvalue weighted by Crippen LogP contribution is 2.24. The zero-order valence-electron chi connectivity index (χ0n) is 16.9. The minimum absolute atomic E-state index is 0.108. The van der Waals surface area contributed by atoms with Crippen LogP contribution >= 0.6 is 0 Å². The number of aryl methyl sites for hydroxylation is 1. The minimum Gasteiger partial charge on any atom is -0.368 e. The van der Waals surface area contributed by atoms with Crippen LogP contribution in [0.1, 0.15) is 37.3 Å². The lowest BCUT2D eigenvalue weighted by Crippen LogP contribution is -2.49. The highest BCUT2D eigenvalue weighted by molar-refractivity contribution is 6.04. The summed E-state index contributed by atoms with van der Waals surface area (Å²) in [5.41, 5.74) is 4.29. The molecule has 148 valence electrons. The first-order valence-electron chi connectivity index (χ1n) is 9.92. The van der Waals surface area contributed by atoms with Crippen molar-refractivity contribution in [2.24, 2.45) is 0 Å². The van der Waals surface area contributed by atoms with Gasteiger partial charge in [0.15, 0.2) is 0 Å². The summed E-state index contributed by atoms with van der Waals surface area (Å²) in [4.78, 5) is 29.0. The summed E-state index contributed by atoms with van der Waals surface area (Å²) in [5, 5.41) is 2.91. The van der Waals surface area contributed by atoms with E-state index in [4.69, 9.17) is 0 Å². The maximum atomic E-state index is 12.6. The molecule has 0 unspecified atom stereocenters. The molecule has 0 spiro atoms. The maximum Gasteiger partial charge on any atom is 0.233 e. The Kier molecular flexibility index (Phi) is 6.34. The Hall–Kier alpha value is -2.82. The summed E-state index contributed by atoms with van der Waals surface area (Å²) >= 11 is 0. The number of para-hydroxylation sites is 1. The van der Waals surface area contributed by atoms with Crippen molar-refractivity contribution >= 4 is 23.2 Å². The lowest BCUT2D eigenvalue weighted by atomic mass is 10.0. The van der Waals surface area contributed by atoms with Gasteiger partial charge in [-0.05, 0) is 42.2 Å². The zero-order chi connectivity index (χ0) is 20.1. The highest BCUT2D eigenvalue weighted by Gasteiger charge is 2.23. The molecular formula is C23H29N3O2. The Morgan fingerprint density at radius 2 is 1.71 bits per heavy atom. The van der Waals surface area contributed by atoms with E-state index in [0.717, 1.165) is 24.3 Å². The van der Waals surface area contributed by atoms with Crippen LogP contribution in [0.25, 0.3) is 0 Å². The van der Waals surface area contributed by atoms with Gasteiger partial charge in [0.2, 0.25) is 11.8 Å². The Balaban J connectivity index is 1.52. The lowest BCUT2D eigenvalue weighted by Gasteiger charge is -2.36. The van der Waals surface area contributed by atoms with E-state index >= 15 is 0 Å². The Labute approximate surface area is 167 Å². The second-order valence-corrected chi connectivity index (χ2v) is 7.67. The van der Waals surface area contributed by atoms with E-state index in [1.807, 2.05) is 24.3 Å². The van der Waals surface area contributed by atoms with Crippen LogP contribution in [0, 0.1) is 6.92 Å². The monoisotopic (exact) mass is 379 g/mol. The molecule has 28 heavy (non-hydrogen) atoms. The van der Waals surface area contributed by atoms with Crippen molar-refractivity contribution in [2.45, 2.75) is 33.1 Å². The second kappa shape index (κ2) is 8.91. The molecule has 0 aliphatic carbocycles. The molecule has 5 nitrogen and oxygen atoms in total. The van der Waals surface area contributed by atoms with Crippen molar-refractivity contribution in [3.05, 3.63) is 59.7 Å². The van der Waals surface area contributed by atoms with Gasteiger partial charge in [0, 0.05) is 37.6 Å². The zero-order valence-corrected chi connectivity index (χ0v) is 16.9. The van der Waals surface area contributed by atoms with Gasteiger partial charge >= 0.3 is 0 Å². The summed E-state index contributed by atoms with van der Waals surface area (Å²) in [7, 11) is 0. The van der Waals surface area contributed by atoms with Crippen molar-refractivity contribution in [3.63, 3.8) is 0 Å². The van der Waals surface area contributed by atoms with Gasteiger partial charge in [-0.3, -0.25) is 9.59 Å². The number of benzene rings is 2. The molecule has 1 fully saturated rings.